The van der Waals surface area contributed by atoms with Crippen molar-refractivity contribution in [1.82, 2.24) is 9.80 Å². The molecule has 3 rings (SSSR count). The summed E-state index contributed by atoms with van der Waals surface area (Å²) in [5.41, 5.74) is 1.86. The summed E-state index contributed by atoms with van der Waals surface area (Å²) < 4.78 is 0. The molecule has 1 aromatic carbocycles. The average Bonchev–Trinajstić information content (AvgIpc) is 2.93. The number of amides is 1. The number of nitriles is 1. The number of likely N-dealkylation sites (N-methyl/N-ethyl adjacent to an activating group) is 1. The van der Waals surface area contributed by atoms with E-state index < -0.39 is 0 Å². The molecule has 2 heterocycles. The van der Waals surface area contributed by atoms with Gasteiger partial charge in [0.25, 0.3) is 0 Å². The molecule has 0 spiro atoms. The van der Waals surface area contributed by atoms with Crippen LogP contribution in [0.3, 0.4) is 0 Å². The van der Waals surface area contributed by atoms with Gasteiger partial charge in [0, 0.05) is 38.6 Å². The van der Waals surface area contributed by atoms with Crippen molar-refractivity contribution in [3.63, 3.8) is 0 Å². The minimum atomic E-state index is 0.255. The van der Waals surface area contributed by atoms with Crippen LogP contribution in [0.4, 0.5) is 0 Å². The summed E-state index contributed by atoms with van der Waals surface area (Å²) >= 11 is 0. The molecule has 2 fully saturated rings. The molecule has 2 aliphatic rings. The molecular weight excluding hydrogens is 238 g/mol. The van der Waals surface area contributed by atoms with Crippen LogP contribution < -0.4 is 0 Å². The molecule has 0 aromatic heterocycles. The third kappa shape index (κ3) is 2.11. The van der Waals surface area contributed by atoms with E-state index in [1.807, 2.05) is 30.1 Å². The van der Waals surface area contributed by atoms with Crippen molar-refractivity contribution in [2.45, 2.75) is 31.5 Å². The molecule has 4 nitrogen and oxygen atoms in total. The minimum absolute atomic E-state index is 0.255. The molecule has 2 atom stereocenters. The van der Waals surface area contributed by atoms with E-state index >= 15 is 0 Å². The summed E-state index contributed by atoms with van der Waals surface area (Å²) in [5.74, 6) is 0.255. The van der Waals surface area contributed by atoms with Crippen LogP contribution in [0.15, 0.2) is 24.3 Å². The molecule has 1 aromatic rings. The minimum Gasteiger partial charge on any atom is -0.341 e. The third-order valence-corrected chi connectivity index (χ3v) is 4.34. The molecule has 2 aliphatic heterocycles. The molecule has 4 heteroatoms. The quantitative estimate of drug-likeness (QED) is 0.801. The number of rotatable bonds is 2. The average molecular weight is 255 g/mol. The second kappa shape index (κ2) is 4.67. The fourth-order valence-corrected chi connectivity index (χ4v) is 3.29. The maximum atomic E-state index is 11.7. The Balaban J connectivity index is 1.74. The highest BCUT2D eigenvalue weighted by molar-refractivity contribution is 5.79. The van der Waals surface area contributed by atoms with E-state index in [-0.39, 0.29) is 5.91 Å². The zero-order valence-electron chi connectivity index (χ0n) is 11.0. The summed E-state index contributed by atoms with van der Waals surface area (Å²) in [6.07, 6.45) is 1.70. The van der Waals surface area contributed by atoms with Gasteiger partial charge in [0.05, 0.1) is 11.6 Å². The van der Waals surface area contributed by atoms with Crippen molar-refractivity contribution in [2.75, 3.05) is 13.6 Å². The number of carbonyl (C=O) groups is 1. The lowest BCUT2D eigenvalue weighted by molar-refractivity contribution is -0.127. The van der Waals surface area contributed by atoms with Gasteiger partial charge in [-0.15, -0.1) is 0 Å². The molecule has 0 N–H and O–H groups in total. The molecule has 0 saturated carbocycles. The van der Waals surface area contributed by atoms with E-state index in [0.717, 1.165) is 25.1 Å². The zero-order chi connectivity index (χ0) is 13.4. The zero-order valence-corrected chi connectivity index (χ0v) is 11.0. The van der Waals surface area contributed by atoms with Gasteiger partial charge >= 0.3 is 0 Å². The Labute approximate surface area is 113 Å². The normalized spacial score (nSPS) is 26.5. The van der Waals surface area contributed by atoms with E-state index in [1.54, 1.807) is 0 Å². The Morgan fingerprint density at radius 2 is 2.26 bits per heavy atom. The topological polar surface area (TPSA) is 47.3 Å². The number of benzene rings is 1. The Hall–Kier alpha value is -1.86. The lowest BCUT2D eigenvalue weighted by Crippen LogP contribution is -2.34. The van der Waals surface area contributed by atoms with Gasteiger partial charge in [-0.1, -0.05) is 12.1 Å². The van der Waals surface area contributed by atoms with Crippen molar-refractivity contribution in [3.05, 3.63) is 35.4 Å². The molecular formula is C15H17N3O. The maximum Gasteiger partial charge on any atom is 0.224 e. The summed E-state index contributed by atoms with van der Waals surface area (Å²) in [5, 5.41) is 8.93. The van der Waals surface area contributed by atoms with Crippen LogP contribution in [0.2, 0.25) is 0 Å². The lowest BCUT2D eigenvalue weighted by atomic mass is 10.1. The summed E-state index contributed by atoms with van der Waals surface area (Å²) in [7, 11) is 1.91. The molecule has 0 bridgehead atoms. The Kier molecular flexibility index (Phi) is 3.00. The van der Waals surface area contributed by atoms with Crippen LogP contribution >= 0.6 is 0 Å². The van der Waals surface area contributed by atoms with Crippen molar-refractivity contribution in [1.29, 1.82) is 5.26 Å². The number of fused-ring (bicyclic) bond motifs is 1. The predicted octanol–water partition coefficient (Wildman–Crippen LogP) is 1.36. The third-order valence-electron chi connectivity index (χ3n) is 4.34. The van der Waals surface area contributed by atoms with Crippen LogP contribution in [0, 0.1) is 11.3 Å². The number of hydrogen-bond acceptors (Lipinski definition) is 3. The van der Waals surface area contributed by atoms with Gasteiger partial charge in [0.2, 0.25) is 5.91 Å². The number of nitrogens with zero attached hydrogens (tertiary/aromatic N) is 3. The van der Waals surface area contributed by atoms with E-state index in [9.17, 15) is 4.79 Å². The summed E-state index contributed by atoms with van der Waals surface area (Å²) in [6, 6.07) is 10.6. The van der Waals surface area contributed by atoms with Crippen molar-refractivity contribution in [3.8, 4) is 6.07 Å². The molecule has 19 heavy (non-hydrogen) atoms. The Morgan fingerprint density at radius 3 is 3.05 bits per heavy atom. The largest absolute Gasteiger partial charge is 0.341 e. The van der Waals surface area contributed by atoms with Crippen LogP contribution in [0.5, 0.6) is 0 Å². The van der Waals surface area contributed by atoms with Crippen molar-refractivity contribution >= 4 is 5.91 Å². The van der Waals surface area contributed by atoms with Gasteiger partial charge in [0.1, 0.15) is 0 Å². The summed E-state index contributed by atoms with van der Waals surface area (Å²) in [4.78, 5) is 16.0. The van der Waals surface area contributed by atoms with Crippen LogP contribution in [0.25, 0.3) is 0 Å². The summed E-state index contributed by atoms with van der Waals surface area (Å²) in [6.45, 7) is 1.86. The molecule has 0 aliphatic carbocycles. The fraction of sp³-hybridized carbons (Fsp3) is 0.467. The molecule has 98 valence electrons. The van der Waals surface area contributed by atoms with Gasteiger partial charge in [-0.3, -0.25) is 9.69 Å². The van der Waals surface area contributed by atoms with Gasteiger partial charge in [-0.25, -0.2) is 0 Å². The first-order valence-electron chi connectivity index (χ1n) is 6.68. The highest BCUT2D eigenvalue weighted by atomic mass is 16.2. The van der Waals surface area contributed by atoms with Crippen molar-refractivity contribution < 1.29 is 4.79 Å². The monoisotopic (exact) mass is 255 g/mol. The Morgan fingerprint density at radius 1 is 1.42 bits per heavy atom. The van der Waals surface area contributed by atoms with Gasteiger partial charge in [-0.2, -0.15) is 5.26 Å². The van der Waals surface area contributed by atoms with E-state index in [0.29, 0.717) is 24.1 Å². The van der Waals surface area contributed by atoms with Crippen LogP contribution in [-0.2, 0) is 11.3 Å². The predicted molar refractivity (Wildman–Crippen MR) is 71.1 cm³/mol. The fourth-order valence-electron chi connectivity index (χ4n) is 3.29. The van der Waals surface area contributed by atoms with Crippen LogP contribution in [0.1, 0.15) is 24.0 Å². The van der Waals surface area contributed by atoms with E-state index in [4.69, 9.17) is 5.26 Å². The van der Waals surface area contributed by atoms with Gasteiger partial charge in [0.15, 0.2) is 0 Å². The second-order valence-corrected chi connectivity index (χ2v) is 5.41. The molecule has 0 radical (unpaired) electrons. The molecule has 1 amide bonds. The van der Waals surface area contributed by atoms with Gasteiger partial charge in [-0.05, 0) is 24.1 Å². The first kappa shape index (κ1) is 12.2. The smallest absolute Gasteiger partial charge is 0.224 e. The highest BCUT2D eigenvalue weighted by Crippen LogP contribution is 2.32. The second-order valence-electron chi connectivity index (χ2n) is 5.41. The van der Waals surface area contributed by atoms with E-state index in [1.165, 1.54) is 0 Å². The number of carbonyl (C=O) groups excluding carboxylic acids is 1. The van der Waals surface area contributed by atoms with Crippen LogP contribution in [-0.4, -0.2) is 41.4 Å². The SMILES string of the molecule is CN1C(=O)C[C@H]2[C@H]1CCN2Cc1cccc(C#N)c1. The Bertz CT molecular complexity index is 549. The molecule has 2 saturated heterocycles. The molecule has 0 unspecified atom stereocenters. The van der Waals surface area contributed by atoms with Crippen molar-refractivity contribution in [2.24, 2.45) is 0 Å². The lowest BCUT2D eigenvalue weighted by Gasteiger charge is -2.23. The number of hydrogen-bond donors (Lipinski definition) is 0. The standard InChI is InChI=1S/C15H17N3O/c1-17-13-5-6-18(14(13)8-15(17)19)10-12-4-2-3-11(7-12)9-16/h2-4,7,13-14H,5-6,8,10H2,1H3/t13-,14+/m1/s1. The maximum absolute atomic E-state index is 11.7. The first-order valence-corrected chi connectivity index (χ1v) is 6.68. The first-order chi connectivity index (χ1) is 9.19. The van der Waals surface area contributed by atoms with Gasteiger partial charge < -0.3 is 4.90 Å². The number of likely N-dealkylation sites (tertiary alicyclic amines) is 2. The highest BCUT2D eigenvalue weighted by Gasteiger charge is 2.44. The van der Waals surface area contributed by atoms with E-state index in [2.05, 4.69) is 17.0 Å².